The molecule has 1 unspecified atom stereocenters. The predicted molar refractivity (Wildman–Crippen MR) is 73.6 cm³/mol. The highest BCUT2D eigenvalue weighted by atomic mass is 35.5. The quantitative estimate of drug-likeness (QED) is 0.910. The van der Waals surface area contributed by atoms with Gasteiger partial charge < -0.3 is 9.84 Å². The van der Waals surface area contributed by atoms with Crippen LogP contribution in [0.25, 0.3) is 0 Å². The molecule has 0 saturated carbocycles. The summed E-state index contributed by atoms with van der Waals surface area (Å²) >= 11 is 5.96. The van der Waals surface area contributed by atoms with Crippen LogP contribution in [0.2, 0.25) is 5.02 Å². The van der Waals surface area contributed by atoms with E-state index in [4.69, 9.17) is 16.3 Å². The molecule has 0 aliphatic rings. The van der Waals surface area contributed by atoms with Crippen LogP contribution in [0, 0.1) is 0 Å². The molecule has 1 atom stereocenters. The van der Waals surface area contributed by atoms with E-state index in [0.717, 1.165) is 5.56 Å². The Morgan fingerprint density at radius 3 is 2.37 bits per heavy atom. The van der Waals surface area contributed by atoms with E-state index in [0.29, 0.717) is 17.2 Å². The summed E-state index contributed by atoms with van der Waals surface area (Å²) in [6.45, 7) is 0. The second kappa shape index (κ2) is 6.25. The first kappa shape index (κ1) is 13.4. The zero-order valence-electron chi connectivity index (χ0n) is 10.1. The zero-order chi connectivity index (χ0) is 13.7. The fourth-order valence-corrected chi connectivity index (χ4v) is 1.88. The van der Waals surface area contributed by atoms with E-state index in [2.05, 4.69) is 0 Å². The molecule has 2 aromatic rings. The first-order chi connectivity index (χ1) is 9.16. The molecular weight excluding hydrogens is 264 g/mol. The molecule has 2 aromatic carbocycles. The standard InChI is InChI=1S/C15H13ClO3/c16-12-8-4-5-9-13(12)19-14(15(17)18)10-11-6-2-1-3-7-11/h1-9,14H,10H2,(H,17,18). The van der Waals surface area contributed by atoms with Gasteiger partial charge in [0.1, 0.15) is 5.75 Å². The van der Waals surface area contributed by atoms with Gasteiger partial charge in [-0.3, -0.25) is 0 Å². The van der Waals surface area contributed by atoms with Gasteiger partial charge in [0, 0.05) is 6.42 Å². The van der Waals surface area contributed by atoms with Gasteiger partial charge in [0.2, 0.25) is 0 Å². The van der Waals surface area contributed by atoms with Crippen LogP contribution in [0.3, 0.4) is 0 Å². The molecule has 3 nitrogen and oxygen atoms in total. The topological polar surface area (TPSA) is 46.5 Å². The fraction of sp³-hybridized carbons (Fsp3) is 0.133. The number of para-hydroxylation sites is 1. The summed E-state index contributed by atoms with van der Waals surface area (Å²) in [4.78, 5) is 11.3. The van der Waals surface area contributed by atoms with Crippen LogP contribution in [-0.2, 0) is 11.2 Å². The van der Waals surface area contributed by atoms with Crippen LogP contribution in [0.5, 0.6) is 5.75 Å². The number of halogens is 1. The Morgan fingerprint density at radius 1 is 1.11 bits per heavy atom. The number of rotatable bonds is 5. The summed E-state index contributed by atoms with van der Waals surface area (Å²) in [6.07, 6.45) is -0.663. The van der Waals surface area contributed by atoms with Gasteiger partial charge in [-0.15, -0.1) is 0 Å². The van der Waals surface area contributed by atoms with Crippen molar-refractivity contribution >= 4 is 17.6 Å². The third-order valence-corrected chi connectivity index (χ3v) is 2.96. The maximum Gasteiger partial charge on any atom is 0.345 e. The average Bonchev–Trinajstić information content (AvgIpc) is 2.41. The van der Waals surface area contributed by atoms with E-state index >= 15 is 0 Å². The minimum absolute atomic E-state index is 0.293. The minimum Gasteiger partial charge on any atom is -0.478 e. The fourth-order valence-electron chi connectivity index (χ4n) is 1.70. The molecular formula is C15H13ClO3. The van der Waals surface area contributed by atoms with Crippen molar-refractivity contribution in [1.29, 1.82) is 0 Å². The van der Waals surface area contributed by atoms with Gasteiger partial charge in [-0.25, -0.2) is 4.79 Å². The lowest BCUT2D eigenvalue weighted by molar-refractivity contribution is -0.145. The molecule has 0 fully saturated rings. The predicted octanol–water partition coefficient (Wildman–Crippen LogP) is 3.41. The highest BCUT2D eigenvalue weighted by Gasteiger charge is 2.20. The lowest BCUT2D eigenvalue weighted by Gasteiger charge is -2.16. The van der Waals surface area contributed by atoms with Crippen molar-refractivity contribution in [3.63, 3.8) is 0 Å². The number of carboxylic acids is 1. The van der Waals surface area contributed by atoms with Crippen molar-refractivity contribution < 1.29 is 14.6 Å². The average molecular weight is 277 g/mol. The van der Waals surface area contributed by atoms with Crippen molar-refractivity contribution in [3.05, 3.63) is 65.2 Å². The van der Waals surface area contributed by atoms with Crippen molar-refractivity contribution in [2.24, 2.45) is 0 Å². The monoisotopic (exact) mass is 276 g/mol. The lowest BCUT2D eigenvalue weighted by Crippen LogP contribution is -2.29. The summed E-state index contributed by atoms with van der Waals surface area (Å²) in [6, 6.07) is 16.2. The number of benzene rings is 2. The van der Waals surface area contributed by atoms with E-state index in [1.54, 1.807) is 24.3 Å². The zero-order valence-corrected chi connectivity index (χ0v) is 10.9. The molecule has 0 radical (unpaired) electrons. The van der Waals surface area contributed by atoms with Gasteiger partial charge in [-0.2, -0.15) is 0 Å². The number of hydrogen-bond acceptors (Lipinski definition) is 2. The van der Waals surface area contributed by atoms with Crippen LogP contribution < -0.4 is 4.74 Å². The second-order valence-corrected chi connectivity index (χ2v) is 4.47. The number of hydrogen-bond donors (Lipinski definition) is 1. The lowest BCUT2D eigenvalue weighted by atomic mass is 10.1. The molecule has 1 N–H and O–H groups in total. The third-order valence-electron chi connectivity index (χ3n) is 2.65. The maximum atomic E-state index is 11.3. The Kier molecular flexibility index (Phi) is 4.42. The van der Waals surface area contributed by atoms with Gasteiger partial charge in [-0.05, 0) is 17.7 Å². The highest BCUT2D eigenvalue weighted by Crippen LogP contribution is 2.25. The van der Waals surface area contributed by atoms with Gasteiger partial charge in [0.15, 0.2) is 6.10 Å². The van der Waals surface area contributed by atoms with Gasteiger partial charge in [-0.1, -0.05) is 54.1 Å². The Morgan fingerprint density at radius 2 is 1.74 bits per heavy atom. The maximum absolute atomic E-state index is 11.3. The second-order valence-electron chi connectivity index (χ2n) is 4.06. The molecule has 98 valence electrons. The molecule has 0 amide bonds. The molecule has 2 rings (SSSR count). The smallest absolute Gasteiger partial charge is 0.345 e. The molecule has 19 heavy (non-hydrogen) atoms. The summed E-state index contributed by atoms with van der Waals surface area (Å²) in [5.74, 6) is -0.628. The van der Waals surface area contributed by atoms with Gasteiger partial charge in [0.25, 0.3) is 0 Å². The Balaban J connectivity index is 2.13. The molecule has 0 aromatic heterocycles. The SMILES string of the molecule is O=C(O)C(Cc1ccccc1)Oc1ccccc1Cl. The normalized spacial score (nSPS) is 11.8. The number of aliphatic carboxylic acids is 1. The van der Waals surface area contributed by atoms with E-state index in [1.165, 1.54) is 0 Å². The Labute approximate surface area is 116 Å². The van der Waals surface area contributed by atoms with E-state index < -0.39 is 12.1 Å². The summed E-state index contributed by atoms with van der Waals surface area (Å²) in [5, 5.41) is 9.62. The van der Waals surface area contributed by atoms with E-state index in [9.17, 15) is 9.90 Å². The van der Waals surface area contributed by atoms with Gasteiger partial charge in [0.05, 0.1) is 5.02 Å². The van der Waals surface area contributed by atoms with Crippen molar-refractivity contribution in [3.8, 4) is 5.75 Å². The summed E-state index contributed by atoms with van der Waals surface area (Å²) in [5.41, 5.74) is 0.905. The van der Waals surface area contributed by atoms with Gasteiger partial charge >= 0.3 is 5.97 Å². The molecule has 0 aliphatic heterocycles. The first-order valence-corrected chi connectivity index (χ1v) is 6.22. The van der Waals surface area contributed by atoms with Crippen molar-refractivity contribution in [2.75, 3.05) is 0 Å². The number of carbonyl (C=O) groups is 1. The summed E-state index contributed by atoms with van der Waals surface area (Å²) in [7, 11) is 0. The van der Waals surface area contributed by atoms with Crippen LogP contribution in [-0.4, -0.2) is 17.2 Å². The molecule has 0 saturated heterocycles. The van der Waals surface area contributed by atoms with Crippen LogP contribution >= 0.6 is 11.6 Å². The molecule has 0 heterocycles. The van der Waals surface area contributed by atoms with Crippen LogP contribution in [0.15, 0.2) is 54.6 Å². The highest BCUT2D eigenvalue weighted by molar-refractivity contribution is 6.32. The van der Waals surface area contributed by atoms with Crippen LogP contribution in [0.1, 0.15) is 5.56 Å². The summed E-state index contributed by atoms with van der Waals surface area (Å²) < 4.78 is 5.48. The number of carboxylic acid groups (broad SMARTS) is 1. The largest absolute Gasteiger partial charge is 0.478 e. The first-order valence-electron chi connectivity index (χ1n) is 5.85. The van der Waals surface area contributed by atoms with E-state index in [1.807, 2.05) is 30.3 Å². The number of ether oxygens (including phenoxy) is 1. The van der Waals surface area contributed by atoms with E-state index in [-0.39, 0.29) is 0 Å². The van der Waals surface area contributed by atoms with Crippen molar-refractivity contribution in [2.45, 2.75) is 12.5 Å². The minimum atomic E-state index is -1.01. The van der Waals surface area contributed by atoms with Crippen molar-refractivity contribution in [1.82, 2.24) is 0 Å². The third kappa shape index (κ3) is 3.73. The Bertz CT molecular complexity index is 554. The molecule has 4 heteroatoms. The molecule has 0 bridgehead atoms. The Hall–Kier alpha value is -2.00. The molecule has 0 spiro atoms. The van der Waals surface area contributed by atoms with Crippen LogP contribution in [0.4, 0.5) is 0 Å². The molecule has 0 aliphatic carbocycles.